The average Bonchev–Trinajstić information content (AvgIpc) is 2.35. The molecule has 4 heteroatoms. The third-order valence-corrected chi connectivity index (χ3v) is 4.35. The molecule has 3 N–H and O–H groups in total. The lowest BCUT2D eigenvalue weighted by Gasteiger charge is -2.41. The first-order valence-corrected chi connectivity index (χ1v) is 7.75. The molecule has 1 aromatic rings. The second kappa shape index (κ2) is 6.42. The predicted octanol–water partition coefficient (Wildman–Crippen LogP) is 3.19. The van der Waals surface area contributed by atoms with Gasteiger partial charge in [-0.15, -0.1) is 0 Å². The van der Waals surface area contributed by atoms with Crippen LogP contribution in [0.2, 0.25) is 0 Å². The van der Waals surface area contributed by atoms with E-state index in [9.17, 15) is 0 Å². The first-order chi connectivity index (χ1) is 9.16. The van der Waals surface area contributed by atoms with Crippen molar-refractivity contribution in [3.63, 3.8) is 0 Å². The molecule has 1 aliphatic rings. The van der Waals surface area contributed by atoms with E-state index in [0.29, 0.717) is 5.96 Å². The molecule has 19 heavy (non-hydrogen) atoms. The maximum atomic E-state index is 5.88. The number of aliphatic imine (C=N–C) groups is 1. The molecule has 1 aliphatic carbocycles. The zero-order chi connectivity index (χ0) is 13.7. The smallest absolute Gasteiger partial charge is 0.188 e. The van der Waals surface area contributed by atoms with Crippen molar-refractivity contribution in [2.24, 2.45) is 10.7 Å². The lowest BCUT2D eigenvalue weighted by atomic mass is 9.64. The molecule has 1 aromatic carbocycles. The van der Waals surface area contributed by atoms with Gasteiger partial charge in [0.05, 0.1) is 6.54 Å². The Balaban J connectivity index is 2.07. The van der Waals surface area contributed by atoms with Crippen molar-refractivity contribution in [2.75, 3.05) is 13.1 Å². The van der Waals surface area contributed by atoms with Crippen molar-refractivity contribution in [1.82, 2.24) is 5.32 Å². The van der Waals surface area contributed by atoms with E-state index in [1.807, 2.05) is 0 Å². The second-order valence-corrected chi connectivity index (χ2v) is 6.19. The summed E-state index contributed by atoms with van der Waals surface area (Å²) in [5.74, 6) is 0.572. The van der Waals surface area contributed by atoms with Crippen molar-refractivity contribution in [3.8, 4) is 0 Å². The van der Waals surface area contributed by atoms with Crippen LogP contribution in [-0.4, -0.2) is 19.0 Å². The highest BCUT2D eigenvalue weighted by atomic mass is 79.9. The molecular weight excluding hydrogens is 302 g/mol. The summed E-state index contributed by atoms with van der Waals surface area (Å²) >= 11 is 3.55. The molecule has 1 saturated carbocycles. The second-order valence-electron chi connectivity index (χ2n) is 5.27. The van der Waals surface area contributed by atoms with Crippen LogP contribution in [0.3, 0.4) is 0 Å². The SMILES string of the molecule is CCCNC(N)=NCC1(c2cccc(Br)c2)CCC1. The first-order valence-electron chi connectivity index (χ1n) is 6.96. The van der Waals surface area contributed by atoms with Crippen LogP contribution >= 0.6 is 15.9 Å². The number of nitrogens with zero attached hydrogens (tertiary/aromatic N) is 1. The van der Waals surface area contributed by atoms with E-state index >= 15 is 0 Å². The molecule has 0 spiro atoms. The van der Waals surface area contributed by atoms with Crippen molar-refractivity contribution < 1.29 is 0 Å². The maximum Gasteiger partial charge on any atom is 0.188 e. The number of hydrogen-bond donors (Lipinski definition) is 2. The van der Waals surface area contributed by atoms with Gasteiger partial charge in [-0.1, -0.05) is 41.4 Å². The molecule has 0 atom stereocenters. The van der Waals surface area contributed by atoms with Gasteiger partial charge in [0, 0.05) is 16.4 Å². The summed E-state index contributed by atoms with van der Waals surface area (Å²) in [6.45, 7) is 3.79. The van der Waals surface area contributed by atoms with E-state index in [1.54, 1.807) is 0 Å². The summed E-state index contributed by atoms with van der Waals surface area (Å²) in [5, 5.41) is 3.13. The Bertz CT molecular complexity index is 452. The molecule has 3 nitrogen and oxygen atoms in total. The lowest BCUT2D eigenvalue weighted by molar-refractivity contribution is 0.253. The standard InChI is InChI=1S/C15H22BrN3/c1-2-9-18-14(17)19-11-15(7-4-8-15)12-5-3-6-13(16)10-12/h3,5-6,10H,2,4,7-9,11H2,1H3,(H3,17,18,19). The zero-order valence-electron chi connectivity index (χ0n) is 11.5. The fraction of sp³-hybridized carbons (Fsp3) is 0.533. The monoisotopic (exact) mass is 323 g/mol. The Labute approximate surface area is 123 Å². The van der Waals surface area contributed by atoms with E-state index in [0.717, 1.165) is 24.0 Å². The fourth-order valence-corrected chi connectivity index (χ4v) is 2.90. The molecule has 0 radical (unpaired) electrons. The topological polar surface area (TPSA) is 50.4 Å². The Kier molecular flexibility index (Phi) is 4.86. The normalized spacial score (nSPS) is 17.9. The van der Waals surface area contributed by atoms with Crippen LogP contribution in [0.4, 0.5) is 0 Å². The van der Waals surface area contributed by atoms with E-state index in [-0.39, 0.29) is 5.41 Å². The Morgan fingerprint density at radius 1 is 1.47 bits per heavy atom. The molecule has 0 amide bonds. The van der Waals surface area contributed by atoms with Crippen LogP contribution < -0.4 is 11.1 Å². The number of rotatable bonds is 5. The fourth-order valence-electron chi connectivity index (χ4n) is 2.51. The molecule has 0 heterocycles. The summed E-state index contributed by atoms with van der Waals surface area (Å²) in [4.78, 5) is 4.53. The summed E-state index contributed by atoms with van der Waals surface area (Å²) < 4.78 is 1.14. The summed E-state index contributed by atoms with van der Waals surface area (Å²) in [5.41, 5.74) is 7.46. The van der Waals surface area contributed by atoms with Gasteiger partial charge in [-0.3, -0.25) is 4.99 Å². The highest BCUT2D eigenvalue weighted by Crippen LogP contribution is 2.44. The minimum absolute atomic E-state index is 0.197. The van der Waals surface area contributed by atoms with Gasteiger partial charge in [0.15, 0.2) is 5.96 Å². The number of benzene rings is 1. The van der Waals surface area contributed by atoms with Gasteiger partial charge in [0.2, 0.25) is 0 Å². The molecular formula is C15H22BrN3. The molecule has 0 aliphatic heterocycles. The summed E-state index contributed by atoms with van der Waals surface area (Å²) in [6, 6.07) is 8.58. The first kappa shape index (κ1) is 14.4. The zero-order valence-corrected chi connectivity index (χ0v) is 13.0. The average molecular weight is 324 g/mol. The van der Waals surface area contributed by atoms with E-state index in [1.165, 1.54) is 24.8 Å². The van der Waals surface area contributed by atoms with Gasteiger partial charge in [-0.25, -0.2) is 0 Å². The van der Waals surface area contributed by atoms with Crippen molar-refractivity contribution in [3.05, 3.63) is 34.3 Å². The third-order valence-electron chi connectivity index (χ3n) is 3.86. The van der Waals surface area contributed by atoms with Crippen molar-refractivity contribution in [2.45, 2.75) is 38.0 Å². The Morgan fingerprint density at radius 3 is 2.84 bits per heavy atom. The number of hydrogen-bond acceptors (Lipinski definition) is 1. The van der Waals surface area contributed by atoms with Crippen LogP contribution in [0.1, 0.15) is 38.2 Å². The molecule has 1 fully saturated rings. The highest BCUT2D eigenvalue weighted by molar-refractivity contribution is 9.10. The van der Waals surface area contributed by atoms with Gasteiger partial charge in [-0.05, 0) is 37.0 Å². The largest absolute Gasteiger partial charge is 0.370 e. The van der Waals surface area contributed by atoms with Gasteiger partial charge >= 0.3 is 0 Å². The Hall–Kier alpha value is -1.03. The number of nitrogens with one attached hydrogen (secondary N) is 1. The van der Waals surface area contributed by atoms with Crippen LogP contribution in [0, 0.1) is 0 Å². The van der Waals surface area contributed by atoms with E-state index < -0.39 is 0 Å². The predicted molar refractivity (Wildman–Crippen MR) is 84.5 cm³/mol. The van der Waals surface area contributed by atoms with Crippen LogP contribution in [-0.2, 0) is 5.41 Å². The van der Waals surface area contributed by atoms with Gasteiger partial charge in [-0.2, -0.15) is 0 Å². The number of guanidine groups is 1. The van der Waals surface area contributed by atoms with E-state index in [4.69, 9.17) is 5.73 Å². The highest BCUT2D eigenvalue weighted by Gasteiger charge is 2.38. The molecule has 0 saturated heterocycles. The third kappa shape index (κ3) is 3.50. The Morgan fingerprint density at radius 2 is 2.26 bits per heavy atom. The lowest BCUT2D eigenvalue weighted by Crippen LogP contribution is -2.40. The van der Waals surface area contributed by atoms with Crippen LogP contribution in [0.15, 0.2) is 33.7 Å². The van der Waals surface area contributed by atoms with Gasteiger partial charge in [0.1, 0.15) is 0 Å². The van der Waals surface area contributed by atoms with Crippen LogP contribution in [0.5, 0.6) is 0 Å². The van der Waals surface area contributed by atoms with Crippen molar-refractivity contribution in [1.29, 1.82) is 0 Å². The van der Waals surface area contributed by atoms with Crippen molar-refractivity contribution >= 4 is 21.9 Å². The van der Waals surface area contributed by atoms with Gasteiger partial charge in [0.25, 0.3) is 0 Å². The minimum atomic E-state index is 0.197. The summed E-state index contributed by atoms with van der Waals surface area (Å²) in [7, 11) is 0. The number of halogens is 1. The van der Waals surface area contributed by atoms with Gasteiger partial charge < -0.3 is 11.1 Å². The van der Waals surface area contributed by atoms with Crippen LogP contribution in [0.25, 0.3) is 0 Å². The minimum Gasteiger partial charge on any atom is -0.370 e. The quantitative estimate of drug-likeness (QED) is 0.645. The number of nitrogens with two attached hydrogens (primary N) is 1. The molecule has 0 bridgehead atoms. The molecule has 104 valence electrons. The molecule has 2 rings (SSSR count). The van der Waals surface area contributed by atoms with E-state index in [2.05, 4.69) is 57.4 Å². The maximum absolute atomic E-state index is 5.88. The summed E-state index contributed by atoms with van der Waals surface area (Å²) in [6.07, 6.45) is 4.75. The molecule has 0 unspecified atom stereocenters. The molecule has 0 aromatic heterocycles.